The highest BCUT2D eigenvalue weighted by Gasteiger charge is 2.32. The van der Waals surface area contributed by atoms with E-state index < -0.39 is 0 Å². The molecule has 1 rings (SSSR count). The molecule has 3 nitrogen and oxygen atoms in total. The van der Waals surface area contributed by atoms with Crippen molar-refractivity contribution in [3.05, 3.63) is 12.2 Å². The van der Waals surface area contributed by atoms with Gasteiger partial charge in [0.2, 0.25) is 4.38 Å². The Kier molecular flexibility index (Phi) is 4.16. The van der Waals surface area contributed by atoms with E-state index in [-0.39, 0.29) is 11.4 Å². The van der Waals surface area contributed by atoms with E-state index in [4.69, 9.17) is 21.7 Å². The second-order valence-electron chi connectivity index (χ2n) is 3.99. The molecule has 1 unspecified atom stereocenters. The molecule has 84 valence electrons. The molecule has 0 aromatic carbocycles. The predicted molar refractivity (Wildman–Crippen MR) is 64.9 cm³/mol. The van der Waals surface area contributed by atoms with Crippen molar-refractivity contribution in [2.45, 2.75) is 13.8 Å². The fourth-order valence-corrected chi connectivity index (χ4v) is 2.01. The lowest BCUT2D eigenvalue weighted by molar-refractivity contribution is -0.142. The highest BCUT2D eigenvalue weighted by Crippen LogP contribution is 2.30. The van der Waals surface area contributed by atoms with Crippen LogP contribution in [0.1, 0.15) is 13.8 Å². The van der Waals surface area contributed by atoms with Gasteiger partial charge in [-0.1, -0.05) is 25.3 Å². The largest absolute Gasteiger partial charge is 0.478 e. The number of carbonyl (C=O) groups is 1. The number of thioether (sulfide) groups is 1. The lowest BCUT2D eigenvalue weighted by Crippen LogP contribution is -2.37. The van der Waals surface area contributed by atoms with E-state index >= 15 is 0 Å². The molecule has 0 aromatic heterocycles. The minimum atomic E-state index is -0.352. The van der Waals surface area contributed by atoms with Crippen molar-refractivity contribution in [1.29, 1.82) is 0 Å². The van der Waals surface area contributed by atoms with Crippen LogP contribution in [0.3, 0.4) is 0 Å². The van der Waals surface area contributed by atoms with Crippen molar-refractivity contribution in [2.24, 2.45) is 5.41 Å². The van der Waals surface area contributed by atoms with Crippen LogP contribution in [0.15, 0.2) is 12.2 Å². The Hall–Kier alpha value is -0.550. The van der Waals surface area contributed by atoms with E-state index in [2.05, 4.69) is 6.58 Å². The molecule has 1 atom stereocenters. The van der Waals surface area contributed by atoms with E-state index in [0.717, 1.165) is 5.75 Å². The molecule has 0 amide bonds. The van der Waals surface area contributed by atoms with Crippen LogP contribution < -0.4 is 0 Å². The topological polar surface area (TPSA) is 35.5 Å². The van der Waals surface area contributed by atoms with Gasteiger partial charge in [-0.05, 0) is 19.1 Å². The Labute approximate surface area is 99.2 Å². The smallest absolute Gasteiger partial charge is 0.333 e. The molecular formula is C10H14O3S2. The Balaban J connectivity index is 2.40. The molecule has 0 N–H and O–H groups in total. The van der Waals surface area contributed by atoms with Gasteiger partial charge in [-0.3, -0.25) is 0 Å². The van der Waals surface area contributed by atoms with Gasteiger partial charge in [0.25, 0.3) is 0 Å². The van der Waals surface area contributed by atoms with E-state index in [0.29, 0.717) is 23.2 Å². The monoisotopic (exact) mass is 246 g/mol. The van der Waals surface area contributed by atoms with E-state index in [1.165, 1.54) is 11.8 Å². The van der Waals surface area contributed by atoms with E-state index in [1.807, 2.05) is 6.92 Å². The highest BCUT2D eigenvalue weighted by atomic mass is 32.2. The van der Waals surface area contributed by atoms with Crippen LogP contribution >= 0.6 is 24.0 Å². The van der Waals surface area contributed by atoms with Crippen molar-refractivity contribution < 1.29 is 14.3 Å². The molecule has 5 heteroatoms. The average molecular weight is 246 g/mol. The summed E-state index contributed by atoms with van der Waals surface area (Å²) in [6.07, 6.45) is 0. The van der Waals surface area contributed by atoms with Gasteiger partial charge in [-0.2, -0.15) is 0 Å². The summed E-state index contributed by atoms with van der Waals surface area (Å²) < 4.78 is 10.9. The van der Waals surface area contributed by atoms with Gasteiger partial charge in [-0.25, -0.2) is 4.79 Å². The highest BCUT2D eigenvalue weighted by molar-refractivity contribution is 8.22. The fourth-order valence-electron chi connectivity index (χ4n) is 0.996. The van der Waals surface area contributed by atoms with E-state index in [9.17, 15) is 4.79 Å². The van der Waals surface area contributed by atoms with Gasteiger partial charge in [0.15, 0.2) is 0 Å². The van der Waals surface area contributed by atoms with Crippen LogP contribution in [-0.4, -0.2) is 29.3 Å². The first-order valence-electron chi connectivity index (χ1n) is 4.55. The van der Waals surface area contributed by atoms with Gasteiger partial charge in [0, 0.05) is 16.7 Å². The van der Waals surface area contributed by atoms with Crippen LogP contribution in [-0.2, 0) is 14.3 Å². The molecule has 0 aromatic rings. The van der Waals surface area contributed by atoms with Crippen LogP contribution in [0.4, 0.5) is 0 Å². The second-order valence-corrected chi connectivity index (χ2v) is 5.57. The minimum Gasteiger partial charge on any atom is -0.478 e. The zero-order valence-electron chi connectivity index (χ0n) is 8.87. The van der Waals surface area contributed by atoms with Gasteiger partial charge >= 0.3 is 5.97 Å². The molecule has 1 aliphatic rings. The third-order valence-corrected chi connectivity index (χ3v) is 3.64. The first kappa shape index (κ1) is 12.5. The summed E-state index contributed by atoms with van der Waals surface area (Å²) in [5.74, 6) is 0.462. The summed E-state index contributed by atoms with van der Waals surface area (Å²) in [5.41, 5.74) is 0.261. The molecule has 15 heavy (non-hydrogen) atoms. The quantitative estimate of drug-likeness (QED) is 0.433. The summed E-state index contributed by atoms with van der Waals surface area (Å²) in [6.45, 7) is 8.00. The molecule has 1 aliphatic heterocycles. The Morgan fingerprint density at radius 1 is 1.80 bits per heavy atom. The molecular weight excluding hydrogens is 232 g/mol. The Morgan fingerprint density at radius 3 is 2.93 bits per heavy atom. The number of ether oxygens (including phenoxy) is 2. The first-order chi connectivity index (χ1) is 6.93. The van der Waals surface area contributed by atoms with Gasteiger partial charge in [0.05, 0.1) is 6.61 Å². The zero-order chi connectivity index (χ0) is 11.5. The molecule has 0 bridgehead atoms. The van der Waals surface area contributed by atoms with Crippen molar-refractivity contribution in [3.63, 3.8) is 0 Å². The number of hydrogen-bond donors (Lipinski definition) is 0. The van der Waals surface area contributed by atoms with Gasteiger partial charge in [0.1, 0.15) is 6.61 Å². The van der Waals surface area contributed by atoms with Crippen molar-refractivity contribution in [2.75, 3.05) is 19.0 Å². The molecule has 0 radical (unpaired) electrons. The zero-order valence-corrected chi connectivity index (χ0v) is 10.5. The maximum Gasteiger partial charge on any atom is 0.333 e. The lowest BCUT2D eigenvalue weighted by atomic mass is 9.96. The number of hydrogen-bond acceptors (Lipinski definition) is 5. The standard InChI is InChI=1S/C10H14O3S2/c1-7(2)8(11)12-4-10(3)5-13-9(14)15-6-10/h1,4-6H2,2-3H3. The minimum absolute atomic E-state index is 0.155. The first-order valence-corrected chi connectivity index (χ1v) is 5.94. The third kappa shape index (κ3) is 3.83. The van der Waals surface area contributed by atoms with E-state index in [1.54, 1.807) is 6.92 Å². The summed E-state index contributed by atoms with van der Waals surface area (Å²) >= 11 is 6.38. The molecule has 0 saturated carbocycles. The van der Waals surface area contributed by atoms with Gasteiger partial charge in [-0.15, -0.1) is 0 Å². The van der Waals surface area contributed by atoms with Gasteiger partial charge < -0.3 is 9.47 Å². The number of rotatable bonds is 3. The fraction of sp³-hybridized carbons (Fsp3) is 0.600. The summed E-state index contributed by atoms with van der Waals surface area (Å²) in [5, 5.41) is 0. The lowest BCUT2D eigenvalue weighted by Gasteiger charge is -2.32. The van der Waals surface area contributed by atoms with Crippen LogP contribution in [0, 0.1) is 5.41 Å². The third-order valence-electron chi connectivity index (χ3n) is 1.98. The summed E-state index contributed by atoms with van der Waals surface area (Å²) in [4.78, 5) is 11.2. The van der Waals surface area contributed by atoms with Crippen LogP contribution in [0.2, 0.25) is 0 Å². The van der Waals surface area contributed by atoms with Crippen molar-refractivity contribution in [3.8, 4) is 0 Å². The summed E-state index contributed by atoms with van der Waals surface area (Å²) in [6, 6.07) is 0. The molecule has 0 spiro atoms. The van der Waals surface area contributed by atoms with Crippen molar-refractivity contribution in [1.82, 2.24) is 0 Å². The summed E-state index contributed by atoms with van der Waals surface area (Å²) in [7, 11) is 0. The van der Waals surface area contributed by atoms with Crippen LogP contribution in [0.25, 0.3) is 0 Å². The maximum absolute atomic E-state index is 11.2. The Morgan fingerprint density at radius 2 is 2.47 bits per heavy atom. The molecule has 0 aliphatic carbocycles. The number of esters is 1. The maximum atomic E-state index is 11.2. The van der Waals surface area contributed by atoms with Crippen LogP contribution in [0.5, 0.6) is 0 Å². The Bertz CT molecular complexity index is 289. The average Bonchev–Trinajstić information content (AvgIpc) is 2.19. The molecule has 1 fully saturated rings. The van der Waals surface area contributed by atoms with Crippen molar-refractivity contribution >= 4 is 34.3 Å². The normalized spacial score (nSPS) is 25.6. The number of carbonyl (C=O) groups excluding carboxylic acids is 1. The molecule has 1 heterocycles. The number of thiocarbonyl (C=S) groups is 1. The SMILES string of the molecule is C=C(C)C(=O)OCC1(C)COC(=S)SC1. The predicted octanol–water partition coefficient (Wildman–Crippen LogP) is 2.16. The second kappa shape index (κ2) is 4.99. The molecule has 1 saturated heterocycles.